The Bertz CT molecular complexity index is 524. The molecule has 1 rings (SSSR count). The van der Waals surface area contributed by atoms with Crippen LogP contribution in [-0.2, 0) is 9.47 Å². The first-order chi connectivity index (χ1) is 15.1. The normalized spacial score (nSPS) is 12.9. The van der Waals surface area contributed by atoms with Crippen molar-refractivity contribution in [3.8, 4) is 0 Å². The fraction of sp³-hybridized carbons (Fsp3) is 0.786. The number of hydrogen-bond acceptors (Lipinski definition) is 3. The lowest BCUT2D eigenvalue weighted by Gasteiger charge is -2.39. The van der Waals surface area contributed by atoms with Crippen molar-refractivity contribution in [2.75, 3.05) is 20.0 Å². The largest absolute Gasteiger partial charge is 0.399 e. The molecule has 3 heteroatoms. The van der Waals surface area contributed by atoms with Crippen molar-refractivity contribution in [1.82, 2.24) is 0 Å². The van der Waals surface area contributed by atoms with Crippen LogP contribution < -0.4 is 5.73 Å². The van der Waals surface area contributed by atoms with Gasteiger partial charge in [-0.1, -0.05) is 109 Å². The lowest BCUT2D eigenvalue weighted by Crippen LogP contribution is -2.40. The van der Waals surface area contributed by atoms with Crippen LogP contribution in [0.25, 0.3) is 0 Å². The van der Waals surface area contributed by atoms with Crippen molar-refractivity contribution in [1.29, 1.82) is 0 Å². The molecule has 0 fully saturated rings. The molecule has 31 heavy (non-hydrogen) atoms. The summed E-state index contributed by atoms with van der Waals surface area (Å²) in [6, 6.07) is 8.35. The van der Waals surface area contributed by atoms with Crippen LogP contribution in [0.3, 0.4) is 0 Å². The summed E-state index contributed by atoms with van der Waals surface area (Å²) in [5.74, 6) is -0.319. The zero-order valence-electron chi connectivity index (χ0n) is 21.1. The standard InChI is InChI=1S/C28H51NO2/c1-5-7-9-11-13-14-16-18-24-28(30-3,31-4)27(19-17-15-12-10-8-6-2)25-20-22-26(29)23-21-25/h20-23,27H,5-19,24,29H2,1-4H3. The molecule has 0 saturated heterocycles. The Morgan fingerprint density at radius 3 is 1.61 bits per heavy atom. The number of nitrogens with two attached hydrogens (primary N) is 1. The van der Waals surface area contributed by atoms with Gasteiger partial charge in [-0.3, -0.25) is 0 Å². The molecule has 3 nitrogen and oxygen atoms in total. The molecule has 0 heterocycles. The van der Waals surface area contributed by atoms with Crippen LogP contribution in [0.2, 0.25) is 0 Å². The Kier molecular flexibility index (Phi) is 15.8. The smallest absolute Gasteiger partial charge is 0.174 e. The third kappa shape index (κ3) is 10.9. The molecule has 0 saturated carbocycles. The van der Waals surface area contributed by atoms with E-state index in [1.165, 1.54) is 89.0 Å². The van der Waals surface area contributed by atoms with Gasteiger partial charge in [0.1, 0.15) is 0 Å². The van der Waals surface area contributed by atoms with Crippen LogP contribution in [0.1, 0.15) is 128 Å². The van der Waals surface area contributed by atoms with E-state index in [2.05, 4.69) is 26.0 Å². The minimum absolute atomic E-state index is 0.235. The van der Waals surface area contributed by atoms with E-state index in [-0.39, 0.29) is 5.92 Å². The fourth-order valence-corrected chi connectivity index (χ4v) is 4.75. The van der Waals surface area contributed by atoms with E-state index in [1.807, 2.05) is 26.4 Å². The van der Waals surface area contributed by atoms with E-state index in [1.54, 1.807) is 0 Å². The van der Waals surface area contributed by atoms with Crippen LogP contribution in [0, 0.1) is 0 Å². The highest BCUT2D eigenvalue weighted by Gasteiger charge is 2.39. The minimum atomic E-state index is -0.554. The Morgan fingerprint density at radius 2 is 1.13 bits per heavy atom. The maximum Gasteiger partial charge on any atom is 0.174 e. The van der Waals surface area contributed by atoms with Crippen molar-refractivity contribution in [3.63, 3.8) is 0 Å². The van der Waals surface area contributed by atoms with Gasteiger partial charge in [-0.15, -0.1) is 0 Å². The van der Waals surface area contributed by atoms with E-state index in [9.17, 15) is 0 Å². The number of anilines is 1. The summed E-state index contributed by atoms with van der Waals surface area (Å²) in [5.41, 5.74) is 8.06. The van der Waals surface area contributed by atoms with Gasteiger partial charge in [-0.05, 0) is 30.5 Å². The Labute approximate surface area is 193 Å². The predicted molar refractivity (Wildman–Crippen MR) is 136 cm³/mol. The second-order valence-electron chi connectivity index (χ2n) is 9.22. The number of methoxy groups -OCH3 is 2. The van der Waals surface area contributed by atoms with Crippen molar-refractivity contribution < 1.29 is 9.47 Å². The molecule has 0 bridgehead atoms. The maximum absolute atomic E-state index is 6.14. The van der Waals surface area contributed by atoms with Gasteiger partial charge in [-0.2, -0.15) is 0 Å². The first-order valence-corrected chi connectivity index (χ1v) is 13.1. The SMILES string of the molecule is CCCCCCCCCCC(OC)(OC)C(CCCCCCCC)c1ccc(N)cc1. The van der Waals surface area contributed by atoms with E-state index in [4.69, 9.17) is 15.2 Å². The highest BCUT2D eigenvalue weighted by molar-refractivity contribution is 5.40. The average Bonchev–Trinajstić information content (AvgIpc) is 2.79. The van der Waals surface area contributed by atoms with Crippen molar-refractivity contribution >= 4 is 5.69 Å². The molecule has 0 spiro atoms. The van der Waals surface area contributed by atoms with E-state index in [0.717, 1.165) is 24.9 Å². The third-order valence-corrected chi connectivity index (χ3v) is 6.79. The van der Waals surface area contributed by atoms with Crippen LogP contribution in [0.4, 0.5) is 5.69 Å². The molecule has 0 amide bonds. The zero-order valence-corrected chi connectivity index (χ0v) is 21.1. The van der Waals surface area contributed by atoms with Gasteiger partial charge < -0.3 is 15.2 Å². The van der Waals surface area contributed by atoms with Gasteiger partial charge >= 0.3 is 0 Å². The monoisotopic (exact) mass is 433 g/mol. The molecule has 0 aliphatic heterocycles. The van der Waals surface area contributed by atoms with Gasteiger partial charge in [0.15, 0.2) is 5.79 Å². The first kappa shape index (κ1) is 28.0. The summed E-state index contributed by atoms with van der Waals surface area (Å²) in [6.45, 7) is 4.55. The quantitative estimate of drug-likeness (QED) is 0.127. The number of nitrogen functional groups attached to an aromatic ring is 1. The molecule has 180 valence electrons. The molecule has 2 N–H and O–H groups in total. The van der Waals surface area contributed by atoms with Crippen LogP contribution in [-0.4, -0.2) is 20.0 Å². The summed E-state index contributed by atoms with van der Waals surface area (Å²) in [5, 5.41) is 0. The van der Waals surface area contributed by atoms with Gasteiger partial charge in [0.05, 0.1) is 0 Å². The zero-order chi connectivity index (χ0) is 22.8. The van der Waals surface area contributed by atoms with Crippen LogP contribution in [0.15, 0.2) is 24.3 Å². The average molecular weight is 434 g/mol. The fourth-order valence-electron chi connectivity index (χ4n) is 4.75. The summed E-state index contributed by atoms with van der Waals surface area (Å²) in [4.78, 5) is 0. The van der Waals surface area contributed by atoms with Gasteiger partial charge in [0, 0.05) is 32.2 Å². The maximum atomic E-state index is 6.14. The summed E-state index contributed by atoms with van der Waals surface area (Å²) in [7, 11) is 3.64. The first-order valence-electron chi connectivity index (χ1n) is 13.1. The van der Waals surface area contributed by atoms with E-state index >= 15 is 0 Å². The number of rotatable bonds is 20. The highest BCUT2D eigenvalue weighted by Crippen LogP contribution is 2.40. The Morgan fingerprint density at radius 1 is 0.677 bits per heavy atom. The molecule has 1 aromatic carbocycles. The topological polar surface area (TPSA) is 44.5 Å². The summed E-state index contributed by atoms with van der Waals surface area (Å²) >= 11 is 0. The minimum Gasteiger partial charge on any atom is -0.399 e. The van der Waals surface area contributed by atoms with Crippen molar-refractivity contribution in [3.05, 3.63) is 29.8 Å². The molecular formula is C28H51NO2. The van der Waals surface area contributed by atoms with Crippen molar-refractivity contribution in [2.45, 2.75) is 128 Å². The second kappa shape index (κ2) is 17.5. The molecule has 0 radical (unpaired) electrons. The molecule has 1 atom stereocenters. The predicted octanol–water partition coefficient (Wildman–Crippen LogP) is 8.62. The molecule has 1 aromatic rings. The number of hydrogen-bond donors (Lipinski definition) is 1. The Hall–Kier alpha value is -1.06. The molecule has 1 unspecified atom stereocenters. The Balaban J connectivity index is 2.70. The highest BCUT2D eigenvalue weighted by atomic mass is 16.7. The second-order valence-corrected chi connectivity index (χ2v) is 9.22. The summed E-state index contributed by atoms with van der Waals surface area (Å²) < 4.78 is 12.3. The molecule has 0 aromatic heterocycles. The molecular weight excluding hydrogens is 382 g/mol. The van der Waals surface area contributed by atoms with Gasteiger partial charge in [0.25, 0.3) is 0 Å². The van der Waals surface area contributed by atoms with Gasteiger partial charge in [0.2, 0.25) is 0 Å². The summed E-state index contributed by atoms with van der Waals surface area (Å²) in [6.07, 6.45) is 20.4. The number of benzene rings is 1. The van der Waals surface area contributed by atoms with E-state index in [0.29, 0.717) is 0 Å². The van der Waals surface area contributed by atoms with Crippen molar-refractivity contribution in [2.24, 2.45) is 0 Å². The van der Waals surface area contributed by atoms with Crippen LogP contribution in [0.5, 0.6) is 0 Å². The van der Waals surface area contributed by atoms with Crippen LogP contribution >= 0.6 is 0 Å². The third-order valence-electron chi connectivity index (χ3n) is 6.79. The lowest BCUT2D eigenvalue weighted by atomic mass is 9.82. The molecule has 0 aliphatic rings. The number of unbranched alkanes of at least 4 members (excludes halogenated alkanes) is 12. The number of ether oxygens (including phenoxy) is 2. The lowest BCUT2D eigenvalue weighted by molar-refractivity contribution is -0.228. The van der Waals surface area contributed by atoms with E-state index < -0.39 is 5.79 Å². The van der Waals surface area contributed by atoms with Gasteiger partial charge in [-0.25, -0.2) is 0 Å². The molecule has 0 aliphatic carbocycles.